The molecule has 1 aromatic carbocycles. The maximum Gasteiger partial charge on any atom is 0.319 e. The highest BCUT2D eigenvalue weighted by Gasteiger charge is 2.36. The quantitative estimate of drug-likeness (QED) is 0.740. The van der Waals surface area contributed by atoms with Gasteiger partial charge >= 0.3 is 5.92 Å². The van der Waals surface area contributed by atoms with Crippen LogP contribution in [0.5, 0.6) is 0 Å². The van der Waals surface area contributed by atoms with Crippen molar-refractivity contribution in [3.05, 3.63) is 52.9 Å². The summed E-state index contributed by atoms with van der Waals surface area (Å²) in [5.74, 6) is -6.29. The Hall–Kier alpha value is -3.11. The van der Waals surface area contributed by atoms with E-state index in [0.717, 1.165) is 22.9 Å². The molecule has 0 saturated carbocycles. The lowest BCUT2D eigenvalue weighted by Gasteiger charge is -2.13. The number of hydrogen-bond acceptors (Lipinski definition) is 4. The summed E-state index contributed by atoms with van der Waals surface area (Å²) >= 11 is 0. The van der Waals surface area contributed by atoms with Crippen LogP contribution in [0.3, 0.4) is 0 Å². The molecule has 0 radical (unpaired) electrons. The fourth-order valence-corrected chi connectivity index (χ4v) is 2.65. The highest BCUT2D eigenvalue weighted by atomic mass is 19.3. The molecule has 2 heterocycles. The molecular formula is C18H16F5N5O. The number of alkyl halides is 3. The highest BCUT2D eigenvalue weighted by Crippen LogP contribution is 2.27. The van der Waals surface area contributed by atoms with Crippen LogP contribution in [0.4, 0.5) is 22.0 Å². The number of aliphatic imine (C=N–C) groups is 2. The van der Waals surface area contributed by atoms with Crippen molar-refractivity contribution in [1.29, 1.82) is 0 Å². The van der Waals surface area contributed by atoms with Gasteiger partial charge in [0, 0.05) is 31.3 Å². The SMILES string of the molecule is Cn1nc(C(F)(F)CF)cc1C(=O)NCC1=NC(c2ccc(F)c(F)c2)=NCC1. The fraction of sp³-hybridized carbons (Fsp3) is 0.333. The van der Waals surface area contributed by atoms with Gasteiger partial charge in [0.2, 0.25) is 0 Å². The predicted molar refractivity (Wildman–Crippen MR) is 95.2 cm³/mol. The van der Waals surface area contributed by atoms with Crippen LogP contribution < -0.4 is 5.32 Å². The molecule has 0 atom stereocenters. The van der Waals surface area contributed by atoms with Gasteiger partial charge in [-0.3, -0.25) is 14.5 Å². The van der Waals surface area contributed by atoms with Gasteiger partial charge in [0.05, 0.1) is 6.54 Å². The zero-order valence-electron chi connectivity index (χ0n) is 15.2. The molecule has 0 bridgehead atoms. The normalized spacial score (nSPS) is 14.4. The van der Waals surface area contributed by atoms with Gasteiger partial charge in [-0.25, -0.2) is 18.2 Å². The van der Waals surface area contributed by atoms with Crippen molar-refractivity contribution in [2.24, 2.45) is 17.0 Å². The topological polar surface area (TPSA) is 71.6 Å². The van der Waals surface area contributed by atoms with E-state index in [4.69, 9.17) is 0 Å². The lowest BCUT2D eigenvalue weighted by molar-refractivity contribution is -0.0325. The Balaban J connectivity index is 1.69. The predicted octanol–water partition coefficient (Wildman–Crippen LogP) is 2.78. The summed E-state index contributed by atoms with van der Waals surface area (Å²) < 4.78 is 66.7. The molecule has 1 amide bonds. The minimum atomic E-state index is -3.78. The fourth-order valence-electron chi connectivity index (χ4n) is 2.65. The van der Waals surface area contributed by atoms with E-state index < -0.39 is 35.8 Å². The maximum atomic E-state index is 13.4. The van der Waals surface area contributed by atoms with Crippen molar-refractivity contribution in [3.63, 3.8) is 0 Å². The maximum absolute atomic E-state index is 13.4. The van der Waals surface area contributed by atoms with E-state index in [1.54, 1.807) is 0 Å². The van der Waals surface area contributed by atoms with Gasteiger partial charge in [0.15, 0.2) is 24.1 Å². The summed E-state index contributed by atoms with van der Waals surface area (Å²) in [6, 6.07) is 4.10. The molecule has 29 heavy (non-hydrogen) atoms. The van der Waals surface area contributed by atoms with Gasteiger partial charge in [0.25, 0.3) is 5.91 Å². The first kappa shape index (κ1) is 20.6. The van der Waals surface area contributed by atoms with Crippen LogP contribution in [0.15, 0.2) is 34.3 Å². The smallest absolute Gasteiger partial charge is 0.319 e. The minimum absolute atomic E-state index is 0.0124. The summed E-state index contributed by atoms with van der Waals surface area (Å²) in [4.78, 5) is 20.7. The number of nitrogens with one attached hydrogen (secondary N) is 1. The molecule has 3 rings (SSSR count). The molecule has 1 aliphatic heterocycles. The summed E-state index contributed by atoms with van der Waals surface area (Å²) in [6.07, 6.45) is 0.421. The monoisotopic (exact) mass is 413 g/mol. The van der Waals surface area contributed by atoms with Crippen LogP contribution in [-0.2, 0) is 13.0 Å². The van der Waals surface area contributed by atoms with Crippen LogP contribution >= 0.6 is 0 Å². The zero-order chi connectivity index (χ0) is 21.2. The lowest BCUT2D eigenvalue weighted by Crippen LogP contribution is -2.32. The number of amidine groups is 1. The first-order valence-electron chi connectivity index (χ1n) is 8.54. The Morgan fingerprint density at radius 3 is 2.69 bits per heavy atom. The second-order valence-corrected chi connectivity index (χ2v) is 6.32. The molecule has 6 nitrogen and oxygen atoms in total. The van der Waals surface area contributed by atoms with E-state index >= 15 is 0 Å². The second-order valence-electron chi connectivity index (χ2n) is 6.32. The molecule has 154 valence electrons. The number of nitrogens with zero attached hydrogens (tertiary/aromatic N) is 4. The van der Waals surface area contributed by atoms with Crippen molar-refractivity contribution < 1.29 is 26.7 Å². The van der Waals surface area contributed by atoms with E-state index in [1.165, 1.54) is 13.1 Å². The van der Waals surface area contributed by atoms with Gasteiger partial charge in [-0.2, -0.15) is 13.9 Å². The van der Waals surface area contributed by atoms with Crippen molar-refractivity contribution in [2.75, 3.05) is 19.8 Å². The van der Waals surface area contributed by atoms with Gasteiger partial charge in [0.1, 0.15) is 11.4 Å². The van der Waals surface area contributed by atoms with Crippen molar-refractivity contribution in [2.45, 2.75) is 12.3 Å². The van der Waals surface area contributed by atoms with E-state index in [1.807, 2.05) is 0 Å². The number of aryl methyl sites for hydroxylation is 1. The summed E-state index contributed by atoms with van der Waals surface area (Å²) in [6.45, 7) is -1.60. The van der Waals surface area contributed by atoms with Gasteiger partial charge in [-0.05, 0) is 24.3 Å². The summed E-state index contributed by atoms with van der Waals surface area (Å²) in [7, 11) is 1.29. The molecule has 2 aromatic rings. The minimum Gasteiger partial charge on any atom is -0.345 e. The highest BCUT2D eigenvalue weighted by molar-refractivity contribution is 6.09. The Labute approximate surface area is 162 Å². The Morgan fingerprint density at radius 2 is 2.00 bits per heavy atom. The Morgan fingerprint density at radius 1 is 1.24 bits per heavy atom. The average Bonchev–Trinajstić information content (AvgIpc) is 3.11. The number of benzene rings is 1. The number of rotatable bonds is 6. The largest absolute Gasteiger partial charge is 0.345 e. The summed E-state index contributed by atoms with van der Waals surface area (Å²) in [5, 5.41) is 6.01. The molecule has 1 aromatic heterocycles. The molecule has 0 fully saturated rings. The average molecular weight is 413 g/mol. The number of carbonyl (C=O) groups is 1. The van der Waals surface area contributed by atoms with E-state index in [2.05, 4.69) is 20.4 Å². The standard InChI is InChI=1S/C18H16F5N5O/c1-28-14(7-15(27-28)18(22,23)9-19)17(29)25-8-11-4-5-24-16(26-11)10-2-3-12(20)13(21)6-10/h2-3,6-7H,4-5,8-9H2,1H3,(H,25,29). The van der Waals surface area contributed by atoms with E-state index in [-0.39, 0.29) is 23.6 Å². The second kappa shape index (κ2) is 8.10. The number of amides is 1. The van der Waals surface area contributed by atoms with Gasteiger partial charge in [-0.15, -0.1) is 0 Å². The van der Waals surface area contributed by atoms with Gasteiger partial charge < -0.3 is 5.32 Å². The van der Waals surface area contributed by atoms with Crippen LogP contribution in [0.25, 0.3) is 0 Å². The molecule has 0 unspecified atom stereocenters. The molecular weight excluding hydrogens is 397 g/mol. The molecule has 1 N–H and O–H groups in total. The van der Waals surface area contributed by atoms with Crippen molar-refractivity contribution in [1.82, 2.24) is 15.1 Å². The number of hydrogen-bond donors (Lipinski definition) is 1. The van der Waals surface area contributed by atoms with Crippen molar-refractivity contribution >= 4 is 17.5 Å². The van der Waals surface area contributed by atoms with Crippen LogP contribution in [-0.4, -0.2) is 47.0 Å². The molecule has 1 aliphatic rings. The third-order valence-corrected chi connectivity index (χ3v) is 4.21. The first-order valence-corrected chi connectivity index (χ1v) is 8.54. The molecule has 11 heteroatoms. The van der Waals surface area contributed by atoms with Crippen molar-refractivity contribution in [3.8, 4) is 0 Å². The van der Waals surface area contributed by atoms with Crippen LogP contribution in [0.2, 0.25) is 0 Å². The van der Waals surface area contributed by atoms with E-state index in [0.29, 0.717) is 18.7 Å². The molecule has 0 saturated heterocycles. The zero-order valence-corrected chi connectivity index (χ0v) is 15.2. The number of halogens is 5. The van der Waals surface area contributed by atoms with Gasteiger partial charge in [-0.1, -0.05) is 0 Å². The molecule has 0 aliphatic carbocycles. The molecule has 0 spiro atoms. The third-order valence-electron chi connectivity index (χ3n) is 4.21. The number of carbonyl (C=O) groups excluding carboxylic acids is 1. The lowest BCUT2D eigenvalue weighted by atomic mass is 10.1. The summed E-state index contributed by atoms with van der Waals surface area (Å²) in [5.41, 5.74) is -0.198. The van der Waals surface area contributed by atoms with E-state index in [9.17, 15) is 26.7 Å². The van der Waals surface area contributed by atoms with Crippen LogP contribution in [0.1, 0.15) is 28.2 Å². The van der Waals surface area contributed by atoms with Crippen LogP contribution in [0, 0.1) is 11.6 Å². The Kier molecular flexibility index (Phi) is 5.76. The Bertz CT molecular complexity index is 999. The third kappa shape index (κ3) is 4.49. The number of aromatic nitrogens is 2. The first-order chi connectivity index (χ1) is 13.7.